The van der Waals surface area contributed by atoms with Crippen LogP contribution >= 0.6 is 0 Å². The van der Waals surface area contributed by atoms with Gasteiger partial charge in [0, 0.05) is 13.0 Å². The molecular formula is C5H13NO6. The van der Waals surface area contributed by atoms with Crippen molar-refractivity contribution in [1.29, 1.82) is 0 Å². The summed E-state index contributed by atoms with van der Waals surface area (Å²) < 4.78 is 0. The minimum atomic E-state index is -1.83. The van der Waals surface area contributed by atoms with Crippen molar-refractivity contribution in [2.75, 3.05) is 6.54 Å². The zero-order valence-electron chi connectivity index (χ0n) is 6.33. The third-order valence-corrected chi connectivity index (χ3v) is 0.903. The van der Waals surface area contributed by atoms with Crippen LogP contribution in [0.5, 0.6) is 0 Å². The maximum absolute atomic E-state index is 10.1. The topological polar surface area (TPSA) is 150 Å². The molecule has 1 aliphatic heterocycles. The van der Waals surface area contributed by atoms with Crippen LogP contribution in [0.4, 0.5) is 4.79 Å². The molecule has 1 saturated heterocycles. The average Bonchev–Trinajstić information content (AvgIpc) is 2.15. The fourth-order valence-electron chi connectivity index (χ4n) is 0.565. The zero-order valence-corrected chi connectivity index (χ0v) is 6.33. The first-order chi connectivity index (χ1) is 4.63. The number of amides is 1. The quantitative estimate of drug-likeness (QED) is 0.417. The van der Waals surface area contributed by atoms with Gasteiger partial charge in [-0.1, -0.05) is 0 Å². The van der Waals surface area contributed by atoms with Gasteiger partial charge < -0.3 is 26.5 Å². The Balaban J connectivity index is -0.000000124. The van der Waals surface area contributed by atoms with Crippen molar-refractivity contribution in [1.82, 2.24) is 5.32 Å². The second-order valence-electron chi connectivity index (χ2n) is 1.74. The van der Waals surface area contributed by atoms with Gasteiger partial charge in [-0.2, -0.15) is 0 Å². The molecule has 1 fully saturated rings. The number of rotatable bonds is 0. The number of carbonyl (C=O) groups is 2. The van der Waals surface area contributed by atoms with Gasteiger partial charge in [0.25, 0.3) is 0 Å². The predicted octanol–water partition coefficient (Wildman–Crippen LogP) is -1.53. The summed E-state index contributed by atoms with van der Waals surface area (Å²) in [5.41, 5.74) is 0. The van der Waals surface area contributed by atoms with E-state index in [0.717, 1.165) is 19.4 Å². The number of hydrogen-bond donors (Lipinski definition) is 3. The standard InChI is InChI=1S/C4H7NO.CH2O3.2H2O/c6-4-2-1-3-5-4;2-1(3)4;;/h1-3H2,(H,5,6);(H2,2,3,4);2*1H2. The molecular weight excluding hydrogens is 170 g/mol. The molecule has 1 rings (SSSR count). The monoisotopic (exact) mass is 183 g/mol. The van der Waals surface area contributed by atoms with Crippen LogP contribution in [0.15, 0.2) is 0 Å². The molecule has 7 heteroatoms. The van der Waals surface area contributed by atoms with E-state index >= 15 is 0 Å². The Labute approximate surface area is 68.6 Å². The van der Waals surface area contributed by atoms with E-state index in [1.54, 1.807) is 0 Å². The van der Waals surface area contributed by atoms with Crippen LogP contribution in [0.2, 0.25) is 0 Å². The van der Waals surface area contributed by atoms with Gasteiger partial charge in [-0.05, 0) is 6.42 Å². The largest absolute Gasteiger partial charge is 0.503 e. The third-order valence-electron chi connectivity index (χ3n) is 0.903. The summed E-state index contributed by atoms with van der Waals surface area (Å²) in [7, 11) is 0. The highest BCUT2D eigenvalue weighted by Crippen LogP contribution is 1.93. The molecule has 0 unspecified atom stereocenters. The van der Waals surface area contributed by atoms with E-state index in [0.29, 0.717) is 0 Å². The molecule has 7 nitrogen and oxygen atoms in total. The van der Waals surface area contributed by atoms with E-state index in [9.17, 15) is 4.79 Å². The first-order valence-electron chi connectivity index (χ1n) is 2.81. The molecule has 0 aromatic carbocycles. The van der Waals surface area contributed by atoms with Gasteiger partial charge in [0.05, 0.1) is 0 Å². The lowest BCUT2D eigenvalue weighted by Gasteiger charge is -1.80. The Morgan fingerprint density at radius 3 is 1.83 bits per heavy atom. The highest BCUT2D eigenvalue weighted by atomic mass is 16.6. The molecule has 1 aliphatic rings. The third kappa shape index (κ3) is 15.9. The smallest absolute Gasteiger partial charge is 0.450 e. The molecule has 0 radical (unpaired) electrons. The molecule has 1 amide bonds. The predicted molar refractivity (Wildman–Crippen MR) is 40.1 cm³/mol. The Kier molecular flexibility index (Phi) is 13.6. The fraction of sp³-hybridized carbons (Fsp3) is 0.600. The lowest BCUT2D eigenvalue weighted by Crippen LogP contribution is -2.12. The van der Waals surface area contributed by atoms with Crippen molar-refractivity contribution in [2.24, 2.45) is 0 Å². The van der Waals surface area contributed by atoms with Crippen molar-refractivity contribution in [3.63, 3.8) is 0 Å². The summed E-state index contributed by atoms with van der Waals surface area (Å²) in [6, 6.07) is 0. The number of carbonyl (C=O) groups excluding carboxylic acids is 1. The van der Waals surface area contributed by atoms with Gasteiger partial charge in [0.15, 0.2) is 0 Å². The van der Waals surface area contributed by atoms with E-state index in [2.05, 4.69) is 5.32 Å². The van der Waals surface area contributed by atoms with Crippen LogP contribution in [0, 0.1) is 0 Å². The number of carboxylic acid groups (broad SMARTS) is 2. The Bertz CT molecular complexity index is 124. The molecule has 74 valence electrons. The first kappa shape index (κ1) is 17.0. The fourth-order valence-corrected chi connectivity index (χ4v) is 0.565. The van der Waals surface area contributed by atoms with Crippen LogP contribution in [0.25, 0.3) is 0 Å². The molecule has 0 atom stereocenters. The van der Waals surface area contributed by atoms with Crippen molar-refractivity contribution >= 4 is 12.1 Å². The van der Waals surface area contributed by atoms with Crippen LogP contribution in [-0.2, 0) is 4.79 Å². The lowest BCUT2D eigenvalue weighted by atomic mass is 10.4. The van der Waals surface area contributed by atoms with Gasteiger partial charge >= 0.3 is 6.16 Å². The van der Waals surface area contributed by atoms with Gasteiger partial charge in [-0.3, -0.25) is 4.79 Å². The molecule has 0 aromatic heterocycles. The highest BCUT2D eigenvalue weighted by molar-refractivity contribution is 5.77. The van der Waals surface area contributed by atoms with Crippen LogP contribution in [-0.4, -0.2) is 39.8 Å². The highest BCUT2D eigenvalue weighted by Gasteiger charge is 2.05. The van der Waals surface area contributed by atoms with Crippen molar-refractivity contribution in [3.8, 4) is 0 Å². The minimum Gasteiger partial charge on any atom is -0.450 e. The summed E-state index contributed by atoms with van der Waals surface area (Å²) in [6.07, 6.45) is -0.0706. The summed E-state index contributed by atoms with van der Waals surface area (Å²) in [5, 5.41) is 16.6. The molecule has 7 N–H and O–H groups in total. The number of nitrogens with one attached hydrogen (secondary N) is 1. The van der Waals surface area contributed by atoms with Gasteiger partial charge in [-0.15, -0.1) is 0 Å². The van der Waals surface area contributed by atoms with E-state index < -0.39 is 6.16 Å². The summed E-state index contributed by atoms with van der Waals surface area (Å²) in [6.45, 7) is 0.888. The lowest BCUT2D eigenvalue weighted by molar-refractivity contribution is -0.119. The second kappa shape index (κ2) is 9.66. The Hall–Kier alpha value is -1.34. The molecule has 12 heavy (non-hydrogen) atoms. The van der Waals surface area contributed by atoms with Gasteiger partial charge in [-0.25, -0.2) is 4.79 Å². The summed E-state index contributed by atoms with van der Waals surface area (Å²) in [5.74, 6) is 0.204. The molecule has 0 spiro atoms. The SMILES string of the molecule is O.O.O=C(O)O.O=C1CCCN1. The maximum Gasteiger partial charge on any atom is 0.503 e. The van der Waals surface area contributed by atoms with Crippen molar-refractivity contribution in [3.05, 3.63) is 0 Å². The second-order valence-corrected chi connectivity index (χ2v) is 1.74. The average molecular weight is 183 g/mol. The van der Waals surface area contributed by atoms with Crippen molar-refractivity contribution < 1.29 is 30.8 Å². The van der Waals surface area contributed by atoms with E-state index in [-0.39, 0.29) is 16.9 Å². The number of hydrogen-bond acceptors (Lipinski definition) is 2. The van der Waals surface area contributed by atoms with Gasteiger partial charge in [0.2, 0.25) is 5.91 Å². The van der Waals surface area contributed by atoms with E-state index in [1.807, 2.05) is 0 Å². The van der Waals surface area contributed by atoms with Crippen LogP contribution in [0.1, 0.15) is 12.8 Å². The Morgan fingerprint density at radius 2 is 1.75 bits per heavy atom. The van der Waals surface area contributed by atoms with Crippen LogP contribution in [0.3, 0.4) is 0 Å². The molecule has 0 aromatic rings. The van der Waals surface area contributed by atoms with Crippen LogP contribution < -0.4 is 5.32 Å². The molecule has 0 saturated carbocycles. The van der Waals surface area contributed by atoms with E-state index in [1.165, 1.54) is 0 Å². The molecule has 1 heterocycles. The molecule has 0 bridgehead atoms. The van der Waals surface area contributed by atoms with Crippen molar-refractivity contribution in [2.45, 2.75) is 12.8 Å². The van der Waals surface area contributed by atoms with E-state index in [4.69, 9.17) is 15.0 Å². The summed E-state index contributed by atoms with van der Waals surface area (Å²) >= 11 is 0. The van der Waals surface area contributed by atoms with Gasteiger partial charge in [0.1, 0.15) is 0 Å². The normalized spacial score (nSPS) is 12.5. The minimum absolute atomic E-state index is 0. The first-order valence-corrected chi connectivity index (χ1v) is 2.81. The zero-order chi connectivity index (χ0) is 7.98. The molecule has 0 aliphatic carbocycles. The maximum atomic E-state index is 10.1. The summed E-state index contributed by atoms with van der Waals surface area (Å²) in [4.78, 5) is 18.7. The Morgan fingerprint density at radius 1 is 1.33 bits per heavy atom.